The van der Waals surface area contributed by atoms with Crippen LogP contribution in [0, 0.1) is 5.92 Å². The first-order chi connectivity index (χ1) is 11.3. The second-order valence-corrected chi connectivity index (χ2v) is 5.71. The first-order valence-electron chi connectivity index (χ1n) is 7.87. The molecule has 1 atom stereocenters. The number of hydrogen-bond donors (Lipinski definition) is 3. The van der Waals surface area contributed by atoms with Gasteiger partial charge in [0.2, 0.25) is 5.91 Å². The number of benzene rings is 1. The molecule has 24 heavy (non-hydrogen) atoms. The predicted octanol–water partition coefficient (Wildman–Crippen LogP) is 1.89. The second kappa shape index (κ2) is 9.67. The number of aliphatic carboxylic acids is 1. The summed E-state index contributed by atoms with van der Waals surface area (Å²) in [6, 6.07) is 5.46. The molecule has 0 aliphatic carbocycles. The molecule has 0 aliphatic rings. The van der Waals surface area contributed by atoms with Gasteiger partial charge in [0.25, 0.3) is 0 Å². The molecule has 1 unspecified atom stereocenters. The Morgan fingerprint density at radius 1 is 1.21 bits per heavy atom. The van der Waals surface area contributed by atoms with Gasteiger partial charge in [-0.2, -0.15) is 0 Å². The summed E-state index contributed by atoms with van der Waals surface area (Å²) >= 11 is 0. The number of carbonyl (C=O) groups is 3. The van der Waals surface area contributed by atoms with Crippen LogP contribution in [0.3, 0.4) is 0 Å². The van der Waals surface area contributed by atoms with E-state index in [1.54, 1.807) is 31.2 Å². The van der Waals surface area contributed by atoms with Crippen LogP contribution in [0.5, 0.6) is 0 Å². The standard InChI is InChI=1S/C17H24N2O5/c1-4-24-17(23)12-7-5-6-8-13(12)19-15(20)9-14(16(21)22)18-10-11(2)3/h5-8,11,14,18H,4,9-10H2,1-3H3,(H,19,20)(H,21,22). The molecule has 1 amide bonds. The lowest BCUT2D eigenvalue weighted by atomic mass is 10.1. The van der Waals surface area contributed by atoms with Crippen LogP contribution in [0.1, 0.15) is 37.6 Å². The van der Waals surface area contributed by atoms with Gasteiger partial charge in [0.05, 0.1) is 24.3 Å². The first kappa shape index (κ1) is 19.6. The van der Waals surface area contributed by atoms with E-state index in [0.717, 1.165) is 0 Å². The minimum absolute atomic E-state index is 0.224. The Bertz CT molecular complexity index is 586. The minimum Gasteiger partial charge on any atom is -0.480 e. The molecule has 0 bridgehead atoms. The highest BCUT2D eigenvalue weighted by molar-refractivity contribution is 6.02. The van der Waals surface area contributed by atoms with Gasteiger partial charge in [-0.15, -0.1) is 0 Å². The number of amides is 1. The summed E-state index contributed by atoms with van der Waals surface area (Å²) in [5.74, 6) is -1.86. The van der Waals surface area contributed by atoms with Gasteiger partial charge in [-0.25, -0.2) is 4.79 Å². The van der Waals surface area contributed by atoms with Gasteiger partial charge in [0.1, 0.15) is 6.04 Å². The van der Waals surface area contributed by atoms with E-state index >= 15 is 0 Å². The number of ether oxygens (including phenoxy) is 1. The Hall–Kier alpha value is -2.41. The van der Waals surface area contributed by atoms with Crippen LogP contribution in [0.15, 0.2) is 24.3 Å². The third-order valence-electron chi connectivity index (χ3n) is 3.16. The summed E-state index contributed by atoms with van der Waals surface area (Å²) < 4.78 is 4.94. The number of nitrogens with one attached hydrogen (secondary N) is 2. The van der Waals surface area contributed by atoms with Gasteiger partial charge < -0.3 is 20.5 Å². The Morgan fingerprint density at radius 3 is 2.46 bits per heavy atom. The third kappa shape index (κ3) is 6.37. The third-order valence-corrected chi connectivity index (χ3v) is 3.16. The molecule has 0 aliphatic heterocycles. The number of hydrogen-bond acceptors (Lipinski definition) is 5. The van der Waals surface area contributed by atoms with Crippen molar-refractivity contribution in [1.82, 2.24) is 5.32 Å². The van der Waals surface area contributed by atoms with Crippen molar-refractivity contribution in [3.63, 3.8) is 0 Å². The quantitative estimate of drug-likeness (QED) is 0.595. The number of anilines is 1. The molecule has 1 aromatic carbocycles. The van der Waals surface area contributed by atoms with E-state index in [1.807, 2.05) is 13.8 Å². The fourth-order valence-corrected chi connectivity index (χ4v) is 1.99. The van der Waals surface area contributed by atoms with E-state index in [2.05, 4.69) is 10.6 Å². The molecule has 3 N–H and O–H groups in total. The van der Waals surface area contributed by atoms with Crippen molar-refractivity contribution in [2.75, 3.05) is 18.5 Å². The zero-order chi connectivity index (χ0) is 18.1. The average molecular weight is 336 g/mol. The normalized spacial score (nSPS) is 11.8. The molecule has 1 aromatic rings. The topological polar surface area (TPSA) is 105 Å². The van der Waals surface area contributed by atoms with Gasteiger partial charge in [-0.05, 0) is 31.5 Å². The molecule has 1 rings (SSSR count). The summed E-state index contributed by atoms with van der Waals surface area (Å²) in [6.45, 7) is 6.30. The molecule has 0 aromatic heterocycles. The van der Waals surface area contributed by atoms with Crippen LogP contribution in [-0.4, -0.2) is 42.1 Å². The maximum atomic E-state index is 12.1. The van der Waals surface area contributed by atoms with Gasteiger partial charge >= 0.3 is 11.9 Å². The molecule has 0 saturated heterocycles. The van der Waals surface area contributed by atoms with Crippen LogP contribution >= 0.6 is 0 Å². The van der Waals surface area contributed by atoms with Gasteiger partial charge in [-0.1, -0.05) is 26.0 Å². The second-order valence-electron chi connectivity index (χ2n) is 5.71. The number of esters is 1. The fourth-order valence-electron chi connectivity index (χ4n) is 1.99. The monoisotopic (exact) mass is 336 g/mol. The smallest absolute Gasteiger partial charge is 0.340 e. The summed E-state index contributed by atoms with van der Waals surface area (Å²) in [4.78, 5) is 35.3. The summed E-state index contributed by atoms with van der Waals surface area (Å²) in [7, 11) is 0. The highest BCUT2D eigenvalue weighted by Crippen LogP contribution is 2.16. The molecule has 0 radical (unpaired) electrons. The van der Waals surface area contributed by atoms with Crippen molar-refractivity contribution in [1.29, 1.82) is 0 Å². The molecule has 0 fully saturated rings. The largest absolute Gasteiger partial charge is 0.480 e. The number of carboxylic acid groups (broad SMARTS) is 1. The minimum atomic E-state index is -1.09. The maximum Gasteiger partial charge on any atom is 0.340 e. The highest BCUT2D eigenvalue weighted by atomic mass is 16.5. The highest BCUT2D eigenvalue weighted by Gasteiger charge is 2.22. The lowest BCUT2D eigenvalue weighted by Crippen LogP contribution is -2.41. The van der Waals surface area contributed by atoms with Crippen molar-refractivity contribution in [3.8, 4) is 0 Å². The van der Waals surface area contributed by atoms with Crippen molar-refractivity contribution < 1.29 is 24.2 Å². The predicted molar refractivity (Wildman–Crippen MR) is 89.9 cm³/mol. The van der Waals surface area contributed by atoms with E-state index < -0.39 is 23.9 Å². The van der Waals surface area contributed by atoms with Crippen molar-refractivity contribution in [2.24, 2.45) is 5.92 Å². The lowest BCUT2D eigenvalue weighted by molar-refractivity contribution is -0.141. The number of para-hydroxylation sites is 1. The van der Waals surface area contributed by atoms with Crippen LogP contribution in [0.2, 0.25) is 0 Å². The number of carboxylic acids is 1. The summed E-state index contributed by atoms with van der Waals surface area (Å²) in [5, 5.41) is 14.6. The van der Waals surface area contributed by atoms with Crippen LogP contribution in [0.25, 0.3) is 0 Å². The van der Waals surface area contributed by atoms with Gasteiger partial charge in [0.15, 0.2) is 0 Å². The van der Waals surface area contributed by atoms with Crippen LogP contribution in [0.4, 0.5) is 5.69 Å². The molecular weight excluding hydrogens is 312 g/mol. The maximum absolute atomic E-state index is 12.1. The molecule has 0 saturated carbocycles. The van der Waals surface area contributed by atoms with Gasteiger partial charge in [-0.3, -0.25) is 9.59 Å². The summed E-state index contributed by atoms with van der Waals surface area (Å²) in [5.41, 5.74) is 0.531. The number of rotatable bonds is 9. The van der Waals surface area contributed by atoms with E-state index in [0.29, 0.717) is 12.2 Å². The number of carbonyl (C=O) groups excluding carboxylic acids is 2. The van der Waals surface area contributed by atoms with E-state index in [9.17, 15) is 19.5 Å². The zero-order valence-electron chi connectivity index (χ0n) is 14.2. The Morgan fingerprint density at radius 2 is 1.88 bits per heavy atom. The Kier molecular flexibility index (Phi) is 7.91. The van der Waals surface area contributed by atoms with Crippen LogP contribution < -0.4 is 10.6 Å². The summed E-state index contributed by atoms with van der Waals surface area (Å²) in [6.07, 6.45) is -0.237. The Balaban J connectivity index is 2.76. The average Bonchev–Trinajstić information content (AvgIpc) is 2.51. The molecular formula is C17H24N2O5. The van der Waals surface area contributed by atoms with Gasteiger partial charge in [0, 0.05) is 0 Å². The van der Waals surface area contributed by atoms with E-state index in [1.165, 1.54) is 0 Å². The Labute approximate surface area is 141 Å². The molecule has 7 heteroatoms. The molecule has 0 heterocycles. The van der Waals surface area contributed by atoms with Crippen LogP contribution in [-0.2, 0) is 14.3 Å². The van der Waals surface area contributed by atoms with E-state index in [4.69, 9.17) is 4.74 Å². The fraction of sp³-hybridized carbons (Fsp3) is 0.471. The SMILES string of the molecule is CCOC(=O)c1ccccc1NC(=O)CC(NCC(C)C)C(=O)O. The van der Waals surface area contributed by atoms with Crippen molar-refractivity contribution in [2.45, 2.75) is 33.2 Å². The van der Waals surface area contributed by atoms with E-state index in [-0.39, 0.29) is 24.5 Å². The van der Waals surface area contributed by atoms with Crippen molar-refractivity contribution in [3.05, 3.63) is 29.8 Å². The molecule has 132 valence electrons. The molecule has 7 nitrogen and oxygen atoms in total. The molecule has 0 spiro atoms. The zero-order valence-corrected chi connectivity index (χ0v) is 14.2. The lowest BCUT2D eigenvalue weighted by Gasteiger charge is -2.16. The van der Waals surface area contributed by atoms with Crippen molar-refractivity contribution >= 4 is 23.5 Å². The first-order valence-corrected chi connectivity index (χ1v) is 7.87.